The molecule has 0 unspecified atom stereocenters. The summed E-state index contributed by atoms with van der Waals surface area (Å²) in [5.41, 5.74) is 10.5. The number of amides is 1. The monoisotopic (exact) mass is 394 g/mol. The predicted molar refractivity (Wildman–Crippen MR) is 115 cm³/mol. The molecule has 0 bridgehead atoms. The molecule has 0 aliphatic heterocycles. The van der Waals surface area contributed by atoms with E-state index in [0.29, 0.717) is 16.9 Å². The molecule has 0 fully saturated rings. The zero-order valence-electron chi connectivity index (χ0n) is 15.9. The van der Waals surface area contributed by atoms with Gasteiger partial charge in [0, 0.05) is 18.9 Å². The van der Waals surface area contributed by atoms with Gasteiger partial charge in [-0.15, -0.1) is 0 Å². The molecule has 144 valence electrons. The van der Waals surface area contributed by atoms with E-state index in [1.807, 2.05) is 42.5 Å². The molecule has 0 radical (unpaired) electrons. The molecular weight excluding hydrogens is 371 g/mol. The second-order valence-corrected chi connectivity index (χ2v) is 9.61. The molecule has 3 aromatic carbocycles. The van der Waals surface area contributed by atoms with Crippen LogP contribution in [0.3, 0.4) is 0 Å². The van der Waals surface area contributed by atoms with Crippen LogP contribution in [0, 0.1) is 0 Å². The summed E-state index contributed by atoms with van der Waals surface area (Å²) in [5, 5.41) is 2.87. The van der Waals surface area contributed by atoms with Crippen LogP contribution in [-0.2, 0) is 15.7 Å². The molecule has 6 heteroatoms. The van der Waals surface area contributed by atoms with Gasteiger partial charge in [-0.05, 0) is 41.0 Å². The number of hydrogen-bond donors (Lipinski definition) is 2. The van der Waals surface area contributed by atoms with E-state index in [0.717, 1.165) is 16.7 Å². The maximum Gasteiger partial charge on any atom is 0.255 e. The summed E-state index contributed by atoms with van der Waals surface area (Å²) in [6.45, 7) is 3.39. The molecule has 28 heavy (non-hydrogen) atoms. The summed E-state index contributed by atoms with van der Waals surface area (Å²) in [4.78, 5) is 12.6. The molecular formula is C22H23N2O3P. The minimum atomic E-state index is -2.54. The molecule has 0 spiro atoms. The third kappa shape index (κ3) is 5.32. The van der Waals surface area contributed by atoms with Gasteiger partial charge < -0.3 is 15.6 Å². The summed E-state index contributed by atoms with van der Waals surface area (Å²) < 4.78 is 17.0. The third-order valence-corrected chi connectivity index (χ3v) is 4.92. The Morgan fingerprint density at radius 2 is 1.64 bits per heavy atom. The van der Waals surface area contributed by atoms with Gasteiger partial charge in [-0.1, -0.05) is 48.5 Å². The highest BCUT2D eigenvalue weighted by molar-refractivity contribution is 7.57. The number of rotatable bonds is 6. The van der Waals surface area contributed by atoms with E-state index in [1.165, 1.54) is 0 Å². The fourth-order valence-electron chi connectivity index (χ4n) is 2.65. The summed E-state index contributed by atoms with van der Waals surface area (Å²) in [7, 11) is -2.54. The van der Waals surface area contributed by atoms with Crippen molar-refractivity contribution in [2.75, 3.05) is 24.4 Å². The molecule has 0 aromatic heterocycles. The van der Waals surface area contributed by atoms with Gasteiger partial charge in [0.05, 0.1) is 18.0 Å². The predicted octanol–water partition coefficient (Wildman–Crippen LogP) is 5.24. The largest absolute Gasteiger partial charge is 0.397 e. The second-order valence-electron chi connectivity index (χ2n) is 6.84. The van der Waals surface area contributed by atoms with Crippen LogP contribution >= 0.6 is 7.37 Å². The van der Waals surface area contributed by atoms with Crippen molar-refractivity contribution in [2.24, 2.45) is 0 Å². The highest BCUT2D eigenvalue weighted by atomic mass is 31.2. The van der Waals surface area contributed by atoms with Crippen molar-refractivity contribution in [3.05, 3.63) is 83.9 Å². The fraction of sp³-hybridized carbons (Fsp3) is 0.136. The van der Waals surface area contributed by atoms with Gasteiger partial charge in [0.15, 0.2) is 7.37 Å². The minimum Gasteiger partial charge on any atom is -0.397 e. The summed E-state index contributed by atoms with van der Waals surface area (Å²) in [6.07, 6.45) is 0. The standard InChI is InChI=1S/C22H23N2O3P/c1-28(2,26)27-15-16-8-10-18(11-9-16)22(25)24-21-14-19(12-13-20(21)23)17-6-4-3-5-7-17/h3-14H,15,23H2,1-2H3,(H,24,25). The molecule has 0 atom stereocenters. The van der Waals surface area contributed by atoms with Crippen LogP contribution in [0.5, 0.6) is 0 Å². The van der Waals surface area contributed by atoms with Crippen molar-refractivity contribution >= 4 is 24.7 Å². The van der Waals surface area contributed by atoms with E-state index in [-0.39, 0.29) is 12.5 Å². The van der Waals surface area contributed by atoms with E-state index in [1.54, 1.807) is 43.7 Å². The van der Waals surface area contributed by atoms with Gasteiger partial charge in [-0.25, -0.2) is 0 Å². The van der Waals surface area contributed by atoms with Crippen LogP contribution in [0.1, 0.15) is 15.9 Å². The molecule has 0 saturated carbocycles. The summed E-state index contributed by atoms with van der Waals surface area (Å²) in [6, 6.07) is 22.5. The molecule has 3 rings (SSSR count). The number of carbonyl (C=O) groups is 1. The first kappa shape index (κ1) is 19.9. The maximum atomic E-state index is 12.6. The van der Waals surface area contributed by atoms with E-state index in [2.05, 4.69) is 5.32 Å². The first-order valence-corrected chi connectivity index (χ1v) is 11.4. The van der Waals surface area contributed by atoms with E-state index in [9.17, 15) is 9.36 Å². The van der Waals surface area contributed by atoms with Crippen LogP contribution in [0.15, 0.2) is 72.8 Å². The molecule has 0 heterocycles. The van der Waals surface area contributed by atoms with Crippen molar-refractivity contribution in [1.82, 2.24) is 0 Å². The number of nitrogens with two attached hydrogens (primary N) is 1. The van der Waals surface area contributed by atoms with Crippen LogP contribution in [0.25, 0.3) is 11.1 Å². The fourth-order valence-corrected chi connectivity index (χ4v) is 3.11. The van der Waals surface area contributed by atoms with Crippen molar-refractivity contribution in [1.29, 1.82) is 0 Å². The highest BCUT2D eigenvalue weighted by Gasteiger charge is 2.11. The van der Waals surface area contributed by atoms with Gasteiger partial charge in [0.1, 0.15) is 0 Å². The first-order chi connectivity index (χ1) is 13.3. The average Bonchev–Trinajstić information content (AvgIpc) is 2.68. The van der Waals surface area contributed by atoms with Crippen molar-refractivity contribution in [2.45, 2.75) is 6.61 Å². The Balaban J connectivity index is 1.73. The molecule has 5 nitrogen and oxygen atoms in total. The average molecular weight is 394 g/mol. The Kier molecular flexibility index (Phi) is 5.98. The Bertz CT molecular complexity index is 1010. The number of carbonyl (C=O) groups excluding carboxylic acids is 1. The highest BCUT2D eigenvalue weighted by Crippen LogP contribution is 2.38. The molecule has 0 saturated heterocycles. The Hall–Kier alpha value is -2.88. The lowest BCUT2D eigenvalue weighted by atomic mass is 10.0. The van der Waals surface area contributed by atoms with Crippen LogP contribution in [0.2, 0.25) is 0 Å². The van der Waals surface area contributed by atoms with Crippen LogP contribution in [-0.4, -0.2) is 19.2 Å². The lowest BCUT2D eigenvalue weighted by Gasteiger charge is -2.12. The first-order valence-electron chi connectivity index (χ1n) is 8.86. The zero-order chi connectivity index (χ0) is 20.1. The van der Waals surface area contributed by atoms with Gasteiger partial charge in [-0.3, -0.25) is 9.36 Å². The molecule has 3 N–H and O–H groups in total. The summed E-state index contributed by atoms with van der Waals surface area (Å²) >= 11 is 0. The number of nitrogen functional groups attached to an aromatic ring is 1. The lowest BCUT2D eigenvalue weighted by Crippen LogP contribution is -2.13. The number of hydrogen-bond acceptors (Lipinski definition) is 4. The summed E-state index contributed by atoms with van der Waals surface area (Å²) in [5.74, 6) is -0.249. The Morgan fingerprint density at radius 1 is 0.964 bits per heavy atom. The van der Waals surface area contributed by atoms with E-state index in [4.69, 9.17) is 10.3 Å². The van der Waals surface area contributed by atoms with Crippen LogP contribution in [0.4, 0.5) is 11.4 Å². The van der Waals surface area contributed by atoms with E-state index >= 15 is 0 Å². The van der Waals surface area contributed by atoms with E-state index < -0.39 is 7.37 Å². The molecule has 3 aromatic rings. The quantitative estimate of drug-likeness (QED) is 0.442. The normalized spacial score (nSPS) is 11.2. The van der Waals surface area contributed by atoms with Gasteiger partial charge in [-0.2, -0.15) is 0 Å². The van der Waals surface area contributed by atoms with Gasteiger partial charge in [0.2, 0.25) is 0 Å². The van der Waals surface area contributed by atoms with Gasteiger partial charge in [0.25, 0.3) is 5.91 Å². The van der Waals surface area contributed by atoms with Crippen molar-refractivity contribution in [3.63, 3.8) is 0 Å². The smallest absolute Gasteiger partial charge is 0.255 e. The minimum absolute atomic E-state index is 0.248. The third-order valence-electron chi connectivity index (χ3n) is 4.17. The molecule has 0 aliphatic carbocycles. The lowest BCUT2D eigenvalue weighted by molar-refractivity contribution is 0.102. The van der Waals surface area contributed by atoms with Crippen molar-refractivity contribution in [3.8, 4) is 11.1 Å². The maximum absolute atomic E-state index is 12.6. The second kappa shape index (κ2) is 8.42. The Labute approximate surface area is 165 Å². The topological polar surface area (TPSA) is 81.4 Å². The van der Waals surface area contributed by atoms with Crippen LogP contribution < -0.4 is 11.1 Å². The number of nitrogens with one attached hydrogen (secondary N) is 1. The SMILES string of the molecule is CP(C)(=O)OCc1ccc(C(=O)Nc2cc(-c3ccccc3)ccc2N)cc1. The number of anilines is 2. The number of benzene rings is 3. The molecule has 1 amide bonds. The molecule has 0 aliphatic rings. The Morgan fingerprint density at radius 3 is 2.29 bits per heavy atom. The van der Waals surface area contributed by atoms with Crippen molar-refractivity contribution < 1.29 is 13.9 Å². The van der Waals surface area contributed by atoms with Gasteiger partial charge >= 0.3 is 0 Å². The zero-order valence-corrected chi connectivity index (χ0v) is 16.8.